The summed E-state index contributed by atoms with van der Waals surface area (Å²) in [7, 11) is 0. The Labute approximate surface area is 183 Å². The molecule has 3 heteroatoms. The average Bonchev–Trinajstić information content (AvgIpc) is 2.99. The van der Waals surface area contributed by atoms with Crippen LogP contribution in [0.15, 0.2) is 11.6 Å². The molecule has 0 aromatic heterocycles. The molecular formula is C27H44O3. The number of rotatable bonds is 6. The molecule has 0 aromatic rings. The van der Waals surface area contributed by atoms with E-state index in [4.69, 9.17) is 0 Å². The van der Waals surface area contributed by atoms with Gasteiger partial charge in [-0.2, -0.15) is 0 Å². The van der Waals surface area contributed by atoms with Gasteiger partial charge in [-0.3, -0.25) is 4.79 Å². The van der Waals surface area contributed by atoms with Gasteiger partial charge in [-0.25, -0.2) is 0 Å². The monoisotopic (exact) mass is 416 g/mol. The number of allylic oxidation sites excluding steroid dienone is 1. The molecule has 4 aliphatic carbocycles. The summed E-state index contributed by atoms with van der Waals surface area (Å²) in [4.78, 5) is 12.1. The van der Waals surface area contributed by atoms with Gasteiger partial charge in [0.15, 0.2) is 0 Å². The Morgan fingerprint density at radius 3 is 2.50 bits per heavy atom. The van der Waals surface area contributed by atoms with Crippen molar-refractivity contribution in [2.24, 2.45) is 46.3 Å². The van der Waals surface area contributed by atoms with Gasteiger partial charge in [-0.1, -0.05) is 52.2 Å². The molecule has 2 N–H and O–H groups in total. The van der Waals surface area contributed by atoms with Crippen LogP contribution in [0.4, 0.5) is 0 Å². The lowest BCUT2D eigenvalue weighted by molar-refractivity contribution is -0.141. The quantitative estimate of drug-likeness (QED) is 0.489. The Morgan fingerprint density at radius 2 is 1.80 bits per heavy atom. The van der Waals surface area contributed by atoms with Crippen LogP contribution in [0.1, 0.15) is 98.3 Å². The number of carbonyl (C=O) groups is 1. The van der Waals surface area contributed by atoms with Crippen LogP contribution in [-0.4, -0.2) is 22.3 Å². The molecule has 0 heterocycles. The second-order valence-electron chi connectivity index (χ2n) is 12.2. The summed E-state index contributed by atoms with van der Waals surface area (Å²) in [5, 5.41) is 20.6. The van der Waals surface area contributed by atoms with Crippen molar-refractivity contribution in [1.82, 2.24) is 0 Å². The maximum atomic E-state index is 12.1. The van der Waals surface area contributed by atoms with Crippen molar-refractivity contribution < 1.29 is 15.0 Å². The predicted molar refractivity (Wildman–Crippen MR) is 121 cm³/mol. The second-order valence-corrected chi connectivity index (χ2v) is 12.2. The Morgan fingerprint density at radius 1 is 1.07 bits per heavy atom. The molecule has 30 heavy (non-hydrogen) atoms. The van der Waals surface area contributed by atoms with Crippen LogP contribution in [0.25, 0.3) is 0 Å². The third-order valence-corrected chi connectivity index (χ3v) is 10.3. The summed E-state index contributed by atoms with van der Waals surface area (Å²) in [5.74, 6) is 2.60. The first-order valence-electron chi connectivity index (χ1n) is 12.8. The third kappa shape index (κ3) is 3.67. The Kier molecular flexibility index (Phi) is 6.16. The van der Waals surface area contributed by atoms with E-state index in [9.17, 15) is 15.0 Å². The van der Waals surface area contributed by atoms with Crippen molar-refractivity contribution in [1.29, 1.82) is 0 Å². The highest BCUT2D eigenvalue weighted by Crippen LogP contribution is 2.66. The van der Waals surface area contributed by atoms with E-state index in [0.717, 1.165) is 50.4 Å². The molecule has 3 fully saturated rings. The first-order valence-corrected chi connectivity index (χ1v) is 12.8. The normalized spacial score (nSPS) is 44.1. The van der Waals surface area contributed by atoms with Gasteiger partial charge in [0, 0.05) is 0 Å². The predicted octanol–water partition coefficient (Wildman–Crippen LogP) is 6.45. The van der Waals surface area contributed by atoms with Crippen LogP contribution in [-0.2, 0) is 4.79 Å². The van der Waals surface area contributed by atoms with Crippen molar-refractivity contribution in [3.05, 3.63) is 11.6 Å². The van der Waals surface area contributed by atoms with E-state index in [1.54, 1.807) is 0 Å². The maximum absolute atomic E-state index is 12.1. The molecule has 0 spiro atoms. The Bertz CT molecular complexity index is 682. The zero-order valence-electron chi connectivity index (χ0n) is 19.7. The van der Waals surface area contributed by atoms with Gasteiger partial charge in [0.05, 0.1) is 12.0 Å². The number of aliphatic hydroxyl groups excluding tert-OH is 1. The fourth-order valence-corrected chi connectivity index (χ4v) is 8.36. The Balaban J connectivity index is 1.50. The van der Waals surface area contributed by atoms with Gasteiger partial charge in [-0.15, -0.1) is 0 Å². The summed E-state index contributed by atoms with van der Waals surface area (Å²) in [6.07, 6.45) is 14.4. The van der Waals surface area contributed by atoms with E-state index in [1.165, 1.54) is 37.7 Å². The maximum Gasteiger partial charge on any atom is 0.310 e. The lowest BCUT2D eigenvalue weighted by atomic mass is 9.45. The van der Waals surface area contributed by atoms with Gasteiger partial charge in [0.1, 0.15) is 0 Å². The van der Waals surface area contributed by atoms with Crippen molar-refractivity contribution in [2.45, 2.75) is 104 Å². The van der Waals surface area contributed by atoms with Gasteiger partial charge >= 0.3 is 5.97 Å². The van der Waals surface area contributed by atoms with E-state index in [1.807, 2.05) is 0 Å². The first-order chi connectivity index (χ1) is 14.2. The lowest BCUT2D eigenvalue weighted by Gasteiger charge is -2.60. The van der Waals surface area contributed by atoms with Crippen LogP contribution in [0.5, 0.6) is 0 Å². The number of hydrogen-bond donors (Lipinski definition) is 2. The van der Waals surface area contributed by atoms with Gasteiger partial charge in [0.25, 0.3) is 0 Å². The highest BCUT2D eigenvalue weighted by molar-refractivity contribution is 5.73. The minimum absolute atomic E-state index is 0.103. The molecule has 4 aliphatic rings. The molecule has 3 saturated carbocycles. The number of carboxylic acids is 1. The van der Waals surface area contributed by atoms with Crippen LogP contribution in [0.2, 0.25) is 0 Å². The molecule has 3 nitrogen and oxygen atoms in total. The fraction of sp³-hybridized carbons (Fsp3) is 0.889. The van der Waals surface area contributed by atoms with Crippen LogP contribution >= 0.6 is 0 Å². The summed E-state index contributed by atoms with van der Waals surface area (Å²) in [6, 6.07) is 0. The van der Waals surface area contributed by atoms with Crippen LogP contribution in [0.3, 0.4) is 0 Å². The minimum atomic E-state index is -0.615. The summed E-state index contributed by atoms with van der Waals surface area (Å²) < 4.78 is 0. The average molecular weight is 417 g/mol. The van der Waals surface area contributed by atoms with Crippen molar-refractivity contribution in [3.63, 3.8) is 0 Å². The first kappa shape index (κ1) is 22.4. The SMILES string of the molecule is CC(C)CCC[C@@H](C(=O)O)C1=CC[C@@]2(C)[C@@H](CC[C@@H]3[C@@H]2CC[C@]2(C)[C@@H](O)CC[C@@H]32)C1. The zero-order valence-corrected chi connectivity index (χ0v) is 19.7. The second kappa shape index (κ2) is 8.26. The highest BCUT2D eigenvalue weighted by Gasteiger charge is 2.59. The van der Waals surface area contributed by atoms with Crippen molar-refractivity contribution >= 4 is 5.97 Å². The number of aliphatic carboxylic acids is 1. The van der Waals surface area contributed by atoms with Crippen LogP contribution in [0, 0.1) is 46.3 Å². The molecule has 170 valence electrons. The van der Waals surface area contributed by atoms with Gasteiger partial charge < -0.3 is 10.2 Å². The fourth-order valence-electron chi connectivity index (χ4n) is 8.36. The largest absolute Gasteiger partial charge is 0.481 e. The smallest absolute Gasteiger partial charge is 0.310 e. The standard InChI is InChI=1S/C27H44O3/c1-17(2)6-5-7-20(25(29)30)18-12-14-26(3)19(16-18)8-9-21-22-10-11-24(28)27(22,4)15-13-23(21)26/h12,17,19-24,28H,5-11,13-16H2,1-4H3,(H,29,30)/t19-,20+,21-,22-,23-,24-,26-,27-/m0/s1. The molecule has 0 bridgehead atoms. The zero-order chi connectivity index (χ0) is 21.7. The summed E-state index contributed by atoms with van der Waals surface area (Å²) in [6.45, 7) is 9.31. The molecule has 8 atom stereocenters. The van der Waals surface area contributed by atoms with E-state index >= 15 is 0 Å². The molecule has 0 unspecified atom stereocenters. The summed E-state index contributed by atoms with van der Waals surface area (Å²) in [5.41, 5.74) is 1.69. The molecule has 0 aliphatic heterocycles. The van der Waals surface area contributed by atoms with Crippen molar-refractivity contribution in [3.8, 4) is 0 Å². The molecule has 0 saturated heterocycles. The van der Waals surface area contributed by atoms with Crippen LogP contribution < -0.4 is 0 Å². The van der Waals surface area contributed by atoms with E-state index in [0.29, 0.717) is 23.2 Å². The molecule has 0 radical (unpaired) electrons. The highest BCUT2D eigenvalue weighted by atomic mass is 16.4. The number of hydrogen-bond acceptors (Lipinski definition) is 2. The third-order valence-electron chi connectivity index (χ3n) is 10.3. The number of aliphatic hydroxyl groups is 1. The molecule has 0 amide bonds. The minimum Gasteiger partial charge on any atom is -0.481 e. The molecular weight excluding hydrogens is 372 g/mol. The van der Waals surface area contributed by atoms with E-state index in [2.05, 4.69) is 33.8 Å². The van der Waals surface area contributed by atoms with Gasteiger partial charge in [-0.05, 0) is 98.2 Å². The number of carboxylic acid groups (broad SMARTS) is 1. The van der Waals surface area contributed by atoms with Crippen molar-refractivity contribution in [2.75, 3.05) is 0 Å². The molecule has 4 rings (SSSR count). The summed E-state index contributed by atoms with van der Waals surface area (Å²) >= 11 is 0. The Hall–Kier alpha value is -0.830. The van der Waals surface area contributed by atoms with E-state index < -0.39 is 5.97 Å². The number of fused-ring (bicyclic) bond motifs is 5. The topological polar surface area (TPSA) is 57.5 Å². The van der Waals surface area contributed by atoms with Gasteiger partial charge in [0.2, 0.25) is 0 Å². The molecule has 0 aromatic carbocycles. The lowest BCUT2D eigenvalue weighted by Crippen LogP contribution is -2.53. The van der Waals surface area contributed by atoms with E-state index in [-0.39, 0.29) is 17.4 Å².